The smallest absolute Gasteiger partial charge is 0.0521 e. The third kappa shape index (κ3) is 3.70. The molecule has 3 nitrogen and oxygen atoms in total. The van der Waals surface area contributed by atoms with Crippen LogP contribution in [0.15, 0.2) is 30.6 Å². The van der Waals surface area contributed by atoms with Gasteiger partial charge in [0.2, 0.25) is 0 Å². The van der Waals surface area contributed by atoms with Crippen LogP contribution in [0.1, 0.15) is 41.6 Å². The number of benzene rings is 1. The third-order valence-corrected chi connectivity index (χ3v) is 3.74. The Morgan fingerprint density at radius 2 is 2.10 bits per heavy atom. The van der Waals surface area contributed by atoms with Crippen molar-refractivity contribution in [1.82, 2.24) is 15.1 Å². The van der Waals surface area contributed by atoms with Crippen LogP contribution < -0.4 is 5.32 Å². The zero-order chi connectivity index (χ0) is 14.5. The molecule has 1 atom stereocenters. The van der Waals surface area contributed by atoms with Crippen LogP contribution in [0.4, 0.5) is 0 Å². The fraction of sp³-hybridized carbons (Fsp3) is 0.471. The van der Waals surface area contributed by atoms with E-state index in [1.807, 2.05) is 17.9 Å². The molecule has 0 radical (unpaired) electrons. The Bertz CT molecular complexity index is 557. The number of aromatic nitrogens is 2. The molecule has 20 heavy (non-hydrogen) atoms. The maximum absolute atomic E-state index is 4.24. The van der Waals surface area contributed by atoms with E-state index in [0.29, 0.717) is 6.04 Å². The Hall–Kier alpha value is -1.61. The van der Waals surface area contributed by atoms with Gasteiger partial charge in [-0.25, -0.2) is 0 Å². The Kier molecular flexibility index (Phi) is 4.96. The second-order valence-electron chi connectivity index (χ2n) is 5.53. The summed E-state index contributed by atoms with van der Waals surface area (Å²) in [7, 11) is 1.97. The van der Waals surface area contributed by atoms with Crippen LogP contribution in [0.25, 0.3) is 0 Å². The van der Waals surface area contributed by atoms with Gasteiger partial charge in [0.25, 0.3) is 0 Å². The summed E-state index contributed by atoms with van der Waals surface area (Å²) in [6, 6.07) is 7.13. The van der Waals surface area contributed by atoms with Gasteiger partial charge in [-0.1, -0.05) is 30.7 Å². The van der Waals surface area contributed by atoms with E-state index in [1.165, 1.54) is 22.3 Å². The lowest BCUT2D eigenvalue weighted by Gasteiger charge is -2.20. The summed E-state index contributed by atoms with van der Waals surface area (Å²) in [6.07, 6.45) is 6.22. The average molecular weight is 271 g/mol. The van der Waals surface area contributed by atoms with Crippen molar-refractivity contribution in [2.24, 2.45) is 7.05 Å². The molecule has 108 valence electrons. The fourth-order valence-electron chi connectivity index (χ4n) is 2.66. The third-order valence-electron chi connectivity index (χ3n) is 3.74. The first-order valence-corrected chi connectivity index (χ1v) is 7.38. The van der Waals surface area contributed by atoms with E-state index < -0.39 is 0 Å². The van der Waals surface area contributed by atoms with Crippen molar-refractivity contribution in [1.29, 1.82) is 0 Å². The SMILES string of the molecule is CCNC(CCc1cnn(C)c1)c1cc(C)ccc1C. The molecule has 0 spiro atoms. The summed E-state index contributed by atoms with van der Waals surface area (Å²) >= 11 is 0. The Morgan fingerprint density at radius 3 is 2.75 bits per heavy atom. The molecule has 0 bridgehead atoms. The van der Waals surface area contributed by atoms with Crippen molar-refractivity contribution in [3.8, 4) is 0 Å². The van der Waals surface area contributed by atoms with E-state index in [2.05, 4.69) is 55.6 Å². The van der Waals surface area contributed by atoms with Crippen molar-refractivity contribution < 1.29 is 0 Å². The summed E-state index contributed by atoms with van der Waals surface area (Å²) in [6.45, 7) is 7.52. The Labute approximate surface area is 122 Å². The molecular weight excluding hydrogens is 246 g/mol. The van der Waals surface area contributed by atoms with E-state index in [4.69, 9.17) is 0 Å². The van der Waals surface area contributed by atoms with Gasteiger partial charge in [-0.05, 0) is 49.9 Å². The first-order chi connectivity index (χ1) is 9.60. The van der Waals surface area contributed by atoms with E-state index in [-0.39, 0.29) is 0 Å². The zero-order valence-corrected chi connectivity index (χ0v) is 13.0. The van der Waals surface area contributed by atoms with Crippen LogP contribution in [-0.2, 0) is 13.5 Å². The second-order valence-corrected chi connectivity index (χ2v) is 5.53. The van der Waals surface area contributed by atoms with Gasteiger partial charge in [-0.15, -0.1) is 0 Å². The van der Waals surface area contributed by atoms with Crippen LogP contribution in [0.5, 0.6) is 0 Å². The summed E-state index contributed by atoms with van der Waals surface area (Å²) < 4.78 is 1.87. The maximum Gasteiger partial charge on any atom is 0.0521 e. The molecule has 0 aliphatic rings. The minimum atomic E-state index is 0.417. The molecule has 0 aliphatic carbocycles. The Balaban J connectivity index is 2.11. The lowest BCUT2D eigenvalue weighted by molar-refractivity contribution is 0.513. The van der Waals surface area contributed by atoms with E-state index in [9.17, 15) is 0 Å². The van der Waals surface area contributed by atoms with Crippen LogP contribution in [0.3, 0.4) is 0 Å². The highest BCUT2D eigenvalue weighted by molar-refractivity contribution is 5.33. The monoisotopic (exact) mass is 271 g/mol. The van der Waals surface area contributed by atoms with Gasteiger partial charge in [0.15, 0.2) is 0 Å². The molecule has 0 aliphatic heterocycles. The van der Waals surface area contributed by atoms with Crippen molar-refractivity contribution in [2.45, 2.75) is 39.7 Å². The van der Waals surface area contributed by atoms with E-state index >= 15 is 0 Å². The topological polar surface area (TPSA) is 29.9 Å². The first kappa shape index (κ1) is 14.8. The molecule has 1 aromatic carbocycles. The molecule has 1 heterocycles. The van der Waals surface area contributed by atoms with Gasteiger partial charge in [0.05, 0.1) is 6.20 Å². The van der Waals surface area contributed by atoms with Crippen molar-refractivity contribution in [3.05, 3.63) is 52.8 Å². The molecule has 0 saturated carbocycles. The van der Waals surface area contributed by atoms with E-state index in [0.717, 1.165) is 19.4 Å². The standard InChI is InChI=1S/C17H25N3/c1-5-18-17(9-8-15-11-19-20(4)12-15)16-10-13(2)6-7-14(16)3/h6-7,10-12,17-18H,5,8-9H2,1-4H3. The molecule has 0 fully saturated rings. The lowest BCUT2D eigenvalue weighted by atomic mass is 9.94. The first-order valence-electron chi connectivity index (χ1n) is 7.38. The van der Waals surface area contributed by atoms with Gasteiger partial charge >= 0.3 is 0 Å². The highest BCUT2D eigenvalue weighted by Crippen LogP contribution is 2.23. The quantitative estimate of drug-likeness (QED) is 0.873. The minimum Gasteiger partial charge on any atom is -0.310 e. The molecular formula is C17H25N3. The molecule has 1 aromatic heterocycles. The molecule has 2 rings (SSSR count). The van der Waals surface area contributed by atoms with E-state index in [1.54, 1.807) is 0 Å². The number of rotatable bonds is 6. The predicted octanol–water partition coefficient (Wildman–Crippen LogP) is 3.32. The lowest BCUT2D eigenvalue weighted by Crippen LogP contribution is -2.22. The second kappa shape index (κ2) is 6.71. The molecule has 3 heteroatoms. The van der Waals surface area contributed by atoms with Gasteiger partial charge in [-0.3, -0.25) is 4.68 Å². The van der Waals surface area contributed by atoms with Gasteiger partial charge in [0.1, 0.15) is 0 Å². The number of hydrogen-bond donors (Lipinski definition) is 1. The zero-order valence-electron chi connectivity index (χ0n) is 13.0. The normalized spacial score (nSPS) is 12.6. The summed E-state index contributed by atoms with van der Waals surface area (Å²) in [5, 5.41) is 7.86. The van der Waals surface area contributed by atoms with Crippen molar-refractivity contribution in [3.63, 3.8) is 0 Å². The fourth-order valence-corrected chi connectivity index (χ4v) is 2.66. The molecule has 1 N–H and O–H groups in total. The molecule has 0 amide bonds. The predicted molar refractivity (Wildman–Crippen MR) is 83.9 cm³/mol. The van der Waals surface area contributed by atoms with Crippen molar-refractivity contribution in [2.75, 3.05) is 6.54 Å². The van der Waals surface area contributed by atoms with Crippen molar-refractivity contribution >= 4 is 0 Å². The summed E-state index contributed by atoms with van der Waals surface area (Å²) in [5.41, 5.74) is 5.43. The van der Waals surface area contributed by atoms with Crippen LogP contribution in [0.2, 0.25) is 0 Å². The van der Waals surface area contributed by atoms with Crippen LogP contribution in [0, 0.1) is 13.8 Å². The largest absolute Gasteiger partial charge is 0.310 e. The average Bonchev–Trinajstić information content (AvgIpc) is 2.83. The van der Waals surface area contributed by atoms with Crippen LogP contribution in [-0.4, -0.2) is 16.3 Å². The minimum absolute atomic E-state index is 0.417. The number of aryl methyl sites for hydroxylation is 4. The van der Waals surface area contributed by atoms with Gasteiger partial charge in [-0.2, -0.15) is 5.10 Å². The highest BCUT2D eigenvalue weighted by Gasteiger charge is 2.13. The summed E-state index contributed by atoms with van der Waals surface area (Å²) in [5.74, 6) is 0. The molecule has 0 saturated heterocycles. The number of nitrogens with one attached hydrogen (secondary N) is 1. The number of nitrogens with zero attached hydrogens (tertiary/aromatic N) is 2. The molecule has 1 unspecified atom stereocenters. The number of hydrogen-bond acceptors (Lipinski definition) is 2. The highest BCUT2D eigenvalue weighted by atomic mass is 15.2. The maximum atomic E-state index is 4.24. The van der Waals surface area contributed by atoms with Gasteiger partial charge in [0, 0.05) is 19.3 Å². The summed E-state index contributed by atoms with van der Waals surface area (Å²) in [4.78, 5) is 0. The van der Waals surface area contributed by atoms with Crippen LogP contribution >= 0.6 is 0 Å². The Morgan fingerprint density at radius 1 is 1.30 bits per heavy atom. The van der Waals surface area contributed by atoms with Gasteiger partial charge < -0.3 is 5.32 Å². The molecule has 2 aromatic rings.